The average Bonchev–Trinajstić information content (AvgIpc) is 2.39. The molecule has 0 fully saturated rings. The minimum absolute atomic E-state index is 0.0144. The molecule has 2 aromatic heterocycles. The summed E-state index contributed by atoms with van der Waals surface area (Å²) in [5, 5.41) is 0.0144. The van der Waals surface area contributed by atoms with Crippen LogP contribution in [0.5, 0.6) is 0 Å². The van der Waals surface area contributed by atoms with Gasteiger partial charge in [-0.2, -0.15) is 8.42 Å². The smallest absolute Gasteiger partial charge is 0.287 e. The van der Waals surface area contributed by atoms with Crippen molar-refractivity contribution in [1.29, 1.82) is 0 Å². The topological polar surface area (TPSA) is 111 Å². The van der Waals surface area contributed by atoms with Crippen LogP contribution in [-0.4, -0.2) is 29.2 Å². The number of sulfonamides is 1. The second-order valence-corrected chi connectivity index (χ2v) is 5.31. The summed E-state index contributed by atoms with van der Waals surface area (Å²) in [6, 6.07) is 2.92. The van der Waals surface area contributed by atoms with Crippen LogP contribution >= 0.6 is 11.6 Å². The van der Waals surface area contributed by atoms with Gasteiger partial charge in [-0.25, -0.2) is 9.97 Å². The molecule has 0 saturated heterocycles. The summed E-state index contributed by atoms with van der Waals surface area (Å²) in [6.07, 6.45) is 5.32. The maximum absolute atomic E-state index is 12.0. The summed E-state index contributed by atoms with van der Waals surface area (Å²) in [4.78, 5) is 11.1. The first-order valence-electron chi connectivity index (χ1n) is 4.98. The number of rotatable bonds is 3. The van der Waals surface area contributed by atoms with Crippen LogP contribution in [-0.2, 0) is 10.0 Å². The van der Waals surface area contributed by atoms with Gasteiger partial charge in [-0.05, 0) is 12.1 Å². The lowest BCUT2D eigenvalue weighted by Crippen LogP contribution is -2.19. The predicted molar refractivity (Wildman–Crippen MR) is 69.2 cm³/mol. The average molecular weight is 298 g/mol. The van der Waals surface area contributed by atoms with Gasteiger partial charge < -0.3 is 5.73 Å². The molecule has 0 spiro atoms. The highest BCUT2D eigenvalue weighted by Gasteiger charge is 2.18. The highest BCUT2D eigenvalue weighted by atomic mass is 35.5. The van der Waals surface area contributed by atoms with Crippen molar-refractivity contribution in [2.45, 2.75) is 4.90 Å². The van der Waals surface area contributed by atoms with Gasteiger partial charge in [0.2, 0.25) is 0 Å². The van der Waals surface area contributed by atoms with Crippen LogP contribution in [0.15, 0.2) is 46.2 Å². The van der Waals surface area contributed by atoms with Gasteiger partial charge >= 0.3 is 0 Å². The Morgan fingerprint density at radius 2 is 1.95 bits per heavy atom. The van der Waals surface area contributed by atoms with E-state index in [1.54, 1.807) is 6.07 Å². The molecule has 0 aliphatic carbocycles. The molecule has 0 aliphatic heterocycles. The standard InChI is InChI=1S/C10H8ClN5O2S/c11-7-2-5-13-6-8(7)19(17,18)16-9(12)10-14-3-1-4-15-10/h1-6H,(H2,12,16). The Bertz CT molecular complexity index is 718. The number of hydrogen-bond donors (Lipinski definition) is 1. The summed E-state index contributed by atoms with van der Waals surface area (Å²) in [7, 11) is -4.05. The van der Waals surface area contributed by atoms with Crippen molar-refractivity contribution in [3.8, 4) is 0 Å². The monoisotopic (exact) mass is 297 g/mol. The van der Waals surface area contributed by atoms with Gasteiger partial charge in [0.05, 0.1) is 5.02 Å². The van der Waals surface area contributed by atoms with Crippen LogP contribution in [0.1, 0.15) is 5.82 Å². The second kappa shape index (κ2) is 5.29. The lowest BCUT2D eigenvalue weighted by Gasteiger charge is -2.02. The molecule has 0 aliphatic rings. The molecule has 19 heavy (non-hydrogen) atoms. The lowest BCUT2D eigenvalue weighted by atomic mass is 10.5. The number of nitrogens with two attached hydrogens (primary N) is 1. The third-order valence-electron chi connectivity index (χ3n) is 2.03. The van der Waals surface area contributed by atoms with Crippen molar-refractivity contribution >= 4 is 27.5 Å². The van der Waals surface area contributed by atoms with Crippen molar-refractivity contribution in [2.24, 2.45) is 10.1 Å². The molecule has 0 amide bonds. The zero-order chi connectivity index (χ0) is 13.9. The first-order chi connectivity index (χ1) is 9.00. The Hall–Kier alpha value is -2.06. The Kier molecular flexibility index (Phi) is 3.72. The van der Waals surface area contributed by atoms with Crippen molar-refractivity contribution in [3.05, 3.63) is 47.8 Å². The normalized spacial score (nSPS) is 12.4. The van der Waals surface area contributed by atoms with Gasteiger partial charge in [-0.1, -0.05) is 11.6 Å². The van der Waals surface area contributed by atoms with Gasteiger partial charge in [-0.3, -0.25) is 4.98 Å². The second-order valence-electron chi connectivity index (χ2n) is 3.33. The van der Waals surface area contributed by atoms with Crippen molar-refractivity contribution in [2.75, 3.05) is 0 Å². The van der Waals surface area contributed by atoms with Gasteiger partial charge in [0.15, 0.2) is 11.7 Å². The van der Waals surface area contributed by atoms with E-state index in [0.717, 1.165) is 6.20 Å². The van der Waals surface area contributed by atoms with Crippen molar-refractivity contribution in [1.82, 2.24) is 15.0 Å². The molecule has 0 saturated carbocycles. The Morgan fingerprint density at radius 3 is 2.58 bits per heavy atom. The van der Waals surface area contributed by atoms with Gasteiger partial charge in [-0.15, -0.1) is 4.40 Å². The molecular formula is C10H8ClN5O2S. The third kappa shape index (κ3) is 3.04. The van der Waals surface area contributed by atoms with E-state index in [0.29, 0.717) is 0 Å². The molecular weight excluding hydrogens is 290 g/mol. The maximum Gasteiger partial charge on any atom is 0.287 e. The zero-order valence-electron chi connectivity index (χ0n) is 9.43. The third-order valence-corrected chi connectivity index (χ3v) is 3.79. The fourth-order valence-electron chi connectivity index (χ4n) is 1.20. The van der Waals surface area contributed by atoms with Crippen LogP contribution in [0.4, 0.5) is 0 Å². The summed E-state index contributed by atoms with van der Waals surface area (Å²) < 4.78 is 27.4. The molecule has 2 aromatic rings. The predicted octanol–water partition coefficient (Wildman–Crippen LogP) is 0.619. The van der Waals surface area contributed by atoms with E-state index in [1.165, 1.54) is 24.7 Å². The lowest BCUT2D eigenvalue weighted by molar-refractivity contribution is 0.597. The number of amidine groups is 1. The largest absolute Gasteiger partial charge is 0.380 e. The Balaban J connectivity index is 2.45. The van der Waals surface area contributed by atoms with Gasteiger partial charge in [0, 0.05) is 24.8 Å². The molecule has 0 radical (unpaired) electrons. The van der Waals surface area contributed by atoms with E-state index < -0.39 is 10.0 Å². The minimum Gasteiger partial charge on any atom is -0.380 e. The minimum atomic E-state index is -4.05. The van der Waals surface area contributed by atoms with Crippen LogP contribution in [0.3, 0.4) is 0 Å². The molecule has 0 atom stereocenters. The van der Waals surface area contributed by atoms with E-state index in [-0.39, 0.29) is 21.6 Å². The molecule has 2 N–H and O–H groups in total. The number of pyridine rings is 1. The number of nitrogens with zero attached hydrogens (tertiary/aromatic N) is 4. The quantitative estimate of drug-likeness (QED) is 0.656. The van der Waals surface area contributed by atoms with E-state index in [2.05, 4.69) is 19.3 Å². The van der Waals surface area contributed by atoms with E-state index in [1.807, 2.05) is 0 Å². The van der Waals surface area contributed by atoms with Crippen LogP contribution < -0.4 is 5.73 Å². The Labute approximate surface area is 114 Å². The summed E-state index contributed by atoms with van der Waals surface area (Å²) in [5.41, 5.74) is 5.55. The van der Waals surface area contributed by atoms with E-state index in [4.69, 9.17) is 17.3 Å². The summed E-state index contributed by atoms with van der Waals surface area (Å²) in [6.45, 7) is 0. The summed E-state index contributed by atoms with van der Waals surface area (Å²) >= 11 is 5.78. The number of aromatic nitrogens is 3. The molecule has 9 heteroatoms. The van der Waals surface area contributed by atoms with Gasteiger partial charge in [0.1, 0.15) is 4.90 Å². The van der Waals surface area contributed by atoms with Crippen LogP contribution in [0.2, 0.25) is 5.02 Å². The van der Waals surface area contributed by atoms with Crippen LogP contribution in [0, 0.1) is 0 Å². The number of hydrogen-bond acceptors (Lipinski definition) is 5. The zero-order valence-corrected chi connectivity index (χ0v) is 11.0. The molecule has 7 nitrogen and oxygen atoms in total. The molecule has 2 heterocycles. The SMILES string of the molecule is N/C(=N\S(=O)(=O)c1cnccc1Cl)c1ncccn1. The molecule has 0 aromatic carbocycles. The molecule has 2 rings (SSSR count). The molecule has 0 unspecified atom stereocenters. The van der Waals surface area contributed by atoms with E-state index in [9.17, 15) is 8.42 Å². The maximum atomic E-state index is 12.0. The highest BCUT2D eigenvalue weighted by molar-refractivity contribution is 7.90. The highest BCUT2D eigenvalue weighted by Crippen LogP contribution is 2.21. The first kappa shape index (κ1) is 13.4. The fraction of sp³-hybridized carbons (Fsp3) is 0. The molecule has 0 bridgehead atoms. The fourth-order valence-corrected chi connectivity index (χ4v) is 2.55. The summed E-state index contributed by atoms with van der Waals surface area (Å²) in [5.74, 6) is -0.299. The Morgan fingerprint density at radius 1 is 1.26 bits per heavy atom. The number of halogens is 1. The van der Waals surface area contributed by atoms with Gasteiger partial charge in [0.25, 0.3) is 10.0 Å². The first-order valence-corrected chi connectivity index (χ1v) is 6.80. The van der Waals surface area contributed by atoms with Crippen molar-refractivity contribution < 1.29 is 8.42 Å². The van der Waals surface area contributed by atoms with Crippen molar-refractivity contribution in [3.63, 3.8) is 0 Å². The van der Waals surface area contributed by atoms with E-state index >= 15 is 0 Å². The molecule has 98 valence electrons. The van der Waals surface area contributed by atoms with Crippen LogP contribution in [0.25, 0.3) is 0 Å².